The molecule has 0 saturated heterocycles. The maximum Gasteiger partial charge on any atom is 0.261 e. The highest BCUT2D eigenvalue weighted by Gasteiger charge is 2.36. The Morgan fingerprint density at radius 3 is 2.60 bits per heavy atom. The van der Waals surface area contributed by atoms with Crippen LogP contribution in [0, 0.1) is 12.5 Å². The van der Waals surface area contributed by atoms with Gasteiger partial charge in [0.15, 0.2) is 5.82 Å². The summed E-state index contributed by atoms with van der Waals surface area (Å²) in [6, 6.07) is 8.00. The summed E-state index contributed by atoms with van der Waals surface area (Å²) in [6.45, 7) is 7.60. The number of rotatable bonds is 7. The van der Waals surface area contributed by atoms with Crippen LogP contribution in [0.25, 0.3) is 15.7 Å². The third-order valence-electron chi connectivity index (χ3n) is 5.28. The van der Waals surface area contributed by atoms with E-state index in [1.165, 1.54) is 26.2 Å². The van der Waals surface area contributed by atoms with Crippen LogP contribution in [0.3, 0.4) is 0 Å². The van der Waals surface area contributed by atoms with Crippen molar-refractivity contribution in [1.82, 2.24) is 19.1 Å². The lowest BCUT2D eigenvalue weighted by atomic mass is 10.2. The molecule has 1 fully saturated rings. The number of nitrogens with zero attached hydrogens (tertiary/aromatic N) is 4. The number of sulfonamides is 1. The summed E-state index contributed by atoms with van der Waals surface area (Å²) < 4.78 is 27.4. The van der Waals surface area contributed by atoms with E-state index in [1.807, 2.05) is 0 Å². The van der Waals surface area contributed by atoms with Gasteiger partial charge < -0.3 is 15.1 Å². The minimum Gasteiger partial charge on any atom is -0.338 e. The predicted molar refractivity (Wildman–Crippen MR) is 114 cm³/mol. The normalized spacial score (nSPS) is 15.3. The fraction of sp³-hybridized carbons (Fsp3) is 0.350. The lowest BCUT2D eigenvalue weighted by molar-refractivity contribution is 0.446. The maximum atomic E-state index is 12.5. The van der Waals surface area contributed by atoms with Gasteiger partial charge in [-0.2, -0.15) is 5.10 Å². The summed E-state index contributed by atoms with van der Waals surface area (Å²) in [5, 5.41) is 8.19. The van der Waals surface area contributed by atoms with Gasteiger partial charge in [-0.3, -0.25) is 9.48 Å². The van der Waals surface area contributed by atoms with Gasteiger partial charge in [0, 0.05) is 26.0 Å². The molecule has 156 valence electrons. The van der Waals surface area contributed by atoms with Crippen LogP contribution in [0.5, 0.6) is 0 Å². The molecule has 30 heavy (non-hydrogen) atoms. The van der Waals surface area contributed by atoms with E-state index in [0.29, 0.717) is 34.9 Å². The van der Waals surface area contributed by atoms with E-state index in [0.717, 1.165) is 17.1 Å². The summed E-state index contributed by atoms with van der Waals surface area (Å²) in [4.78, 5) is 19.0. The monoisotopic (exact) mass is 426 g/mol. The number of aromatic amines is 1. The molecule has 10 heteroatoms. The minimum atomic E-state index is -3.52. The quantitative estimate of drug-likeness (QED) is 0.565. The molecular weight excluding hydrogens is 404 g/mol. The molecule has 1 aromatic carbocycles. The molecule has 0 amide bonds. The fourth-order valence-electron chi connectivity index (χ4n) is 3.50. The maximum absolute atomic E-state index is 12.5. The topological polar surface area (TPSA) is 104 Å². The first-order valence-electron chi connectivity index (χ1n) is 9.55. The lowest BCUT2D eigenvalue weighted by Gasteiger charge is -2.12. The van der Waals surface area contributed by atoms with Crippen LogP contribution in [-0.2, 0) is 10.0 Å². The third-order valence-corrected chi connectivity index (χ3v) is 7.11. The largest absolute Gasteiger partial charge is 0.338 e. The van der Waals surface area contributed by atoms with Crippen molar-refractivity contribution in [3.05, 3.63) is 58.3 Å². The molecule has 3 aromatic rings. The number of fused-ring (bicyclic) bond motifs is 1. The molecule has 1 saturated carbocycles. The second-order valence-corrected chi connectivity index (χ2v) is 9.69. The van der Waals surface area contributed by atoms with Crippen molar-refractivity contribution in [1.29, 1.82) is 0 Å². The summed E-state index contributed by atoms with van der Waals surface area (Å²) in [6.07, 6.45) is 3.68. The second-order valence-electron chi connectivity index (χ2n) is 7.54. The molecule has 9 nitrogen and oxygen atoms in total. The van der Waals surface area contributed by atoms with Gasteiger partial charge in [-0.15, -0.1) is 0 Å². The van der Waals surface area contributed by atoms with Crippen molar-refractivity contribution in [2.45, 2.75) is 23.8 Å². The highest BCUT2D eigenvalue weighted by molar-refractivity contribution is 7.89. The van der Waals surface area contributed by atoms with Crippen LogP contribution in [0.4, 0.5) is 11.5 Å². The Hall–Kier alpha value is -3.16. The number of hydrogen-bond acceptors (Lipinski definition) is 5. The summed E-state index contributed by atoms with van der Waals surface area (Å²) in [5.41, 5.74) is 1.01. The predicted octanol–water partition coefficient (Wildman–Crippen LogP) is 2.59. The van der Waals surface area contributed by atoms with Gasteiger partial charge >= 0.3 is 0 Å². The average Bonchev–Trinajstić information content (AvgIpc) is 3.49. The number of pyridine rings is 1. The van der Waals surface area contributed by atoms with Crippen LogP contribution < -0.4 is 10.9 Å². The number of H-pyrrole nitrogens is 1. The molecule has 0 bridgehead atoms. The first-order chi connectivity index (χ1) is 14.3. The van der Waals surface area contributed by atoms with Crippen LogP contribution in [-0.4, -0.2) is 48.1 Å². The molecule has 4 rings (SSSR count). The number of aromatic nitrogens is 3. The molecule has 1 aliphatic rings. The zero-order valence-corrected chi connectivity index (χ0v) is 17.5. The Bertz CT molecular complexity index is 1280. The van der Waals surface area contributed by atoms with Crippen molar-refractivity contribution >= 4 is 32.4 Å². The van der Waals surface area contributed by atoms with Gasteiger partial charge in [-0.25, -0.2) is 19.3 Å². The van der Waals surface area contributed by atoms with Crippen molar-refractivity contribution in [3.63, 3.8) is 0 Å². The van der Waals surface area contributed by atoms with Gasteiger partial charge in [-0.05, 0) is 49.1 Å². The molecule has 0 radical (unpaired) electrons. The number of benzene rings is 1. The van der Waals surface area contributed by atoms with E-state index in [9.17, 15) is 13.2 Å². The summed E-state index contributed by atoms with van der Waals surface area (Å²) in [5.74, 6) is 0.774. The van der Waals surface area contributed by atoms with Gasteiger partial charge in [0.2, 0.25) is 16.6 Å². The zero-order chi connectivity index (χ0) is 21.5. The molecule has 2 N–H and O–H groups in total. The first kappa shape index (κ1) is 20.1. The van der Waals surface area contributed by atoms with E-state index >= 15 is 0 Å². The highest BCUT2D eigenvalue weighted by atomic mass is 32.2. The van der Waals surface area contributed by atoms with E-state index in [-0.39, 0.29) is 16.5 Å². The standard InChI is InChI=1S/C20H22N6O3S/c1-21-12-17(13-4-5-13)26-16-10-11-22-20(27)18(16)19(24-26)23-14-6-8-15(9-7-14)30(28,29)25(2)3/h6-11,13,17H,4-5,12H2,2-3H3,(H,22,27)(H,23,24)/t17-/m1/s1. The number of hydrogen-bond donors (Lipinski definition) is 2. The van der Waals surface area contributed by atoms with Crippen LogP contribution in [0.15, 0.2) is 46.2 Å². The van der Waals surface area contributed by atoms with Gasteiger partial charge in [0.1, 0.15) is 11.4 Å². The number of nitrogens with one attached hydrogen (secondary N) is 2. The molecule has 1 atom stereocenters. The molecule has 2 aromatic heterocycles. The second kappa shape index (κ2) is 7.59. The van der Waals surface area contributed by atoms with E-state index < -0.39 is 10.0 Å². The molecule has 1 aliphatic carbocycles. The minimum absolute atomic E-state index is 0.0741. The molecule has 2 heterocycles. The van der Waals surface area contributed by atoms with Crippen LogP contribution >= 0.6 is 0 Å². The molecular formula is C20H22N6O3S. The molecule has 0 spiro atoms. The Morgan fingerprint density at radius 2 is 2.00 bits per heavy atom. The Morgan fingerprint density at radius 1 is 1.30 bits per heavy atom. The SMILES string of the molecule is [C-]#[N+]C[C@H](C1CC1)n1nc(Nc2ccc(S(=O)(=O)N(C)C)cc2)c2c(=O)[nH]ccc21. The molecule has 0 aliphatic heterocycles. The van der Waals surface area contributed by atoms with E-state index in [2.05, 4.69) is 20.2 Å². The number of anilines is 2. The molecule has 0 unspecified atom stereocenters. The van der Waals surface area contributed by atoms with Crippen LogP contribution in [0.2, 0.25) is 0 Å². The van der Waals surface area contributed by atoms with Gasteiger partial charge in [0.05, 0.1) is 10.4 Å². The Balaban J connectivity index is 1.73. The lowest BCUT2D eigenvalue weighted by Crippen LogP contribution is -2.22. The smallest absolute Gasteiger partial charge is 0.261 e. The highest BCUT2D eigenvalue weighted by Crippen LogP contribution is 2.41. The van der Waals surface area contributed by atoms with Crippen molar-refractivity contribution in [2.24, 2.45) is 5.92 Å². The zero-order valence-electron chi connectivity index (χ0n) is 16.7. The Labute approximate surface area is 174 Å². The van der Waals surface area contributed by atoms with Gasteiger partial charge in [0.25, 0.3) is 5.56 Å². The van der Waals surface area contributed by atoms with Crippen molar-refractivity contribution in [2.75, 3.05) is 26.0 Å². The van der Waals surface area contributed by atoms with E-state index in [4.69, 9.17) is 6.57 Å². The van der Waals surface area contributed by atoms with Gasteiger partial charge in [-0.1, -0.05) is 0 Å². The first-order valence-corrected chi connectivity index (χ1v) is 11.0. The summed E-state index contributed by atoms with van der Waals surface area (Å²) in [7, 11) is -0.565. The van der Waals surface area contributed by atoms with E-state index in [1.54, 1.807) is 29.1 Å². The average molecular weight is 427 g/mol. The summed E-state index contributed by atoms with van der Waals surface area (Å²) >= 11 is 0. The fourth-order valence-corrected chi connectivity index (χ4v) is 4.40. The third kappa shape index (κ3) is 3.58. The van der Waals surface area contributed by atoms with Crippen molar-refractivity contribution in [3.8, 4) is 0 Å². The van der Waals surface area contributed by atoms with Crippen LogP contribution in [0.1, 0.15) is 18.9 Å². The Kier molecular flexibility index (Phi) is 5.09. The van der Waals surface area contributed by atoms with Crippen molar-refractivity contribution < 1.29 is 8.42 Å².